The van der Waals surface area contributed by atoms with E-state index in [1.54, 1.807) is 35.2 Å². The summed E-state index contributed by atoms with van der Waals surface area (Å²) in [5, 5.41) is 26.1. The number of nitriles is 1. The van der Waals surface area contributed by atoms with Crippen molar-refractivity contribution in [1.29, 1.82) is 5.26 Å². The highest BCUT2D eigenvalue weighted by Gasteiger charge is 2.36. The van der Waals surface area contributed by atoms with Gasteiger partial charge in [0, 0.05) is 48.4 Å². The molecule has 1 aromatic carbocycles. The zero-order valence-corrected chi connectivity index (χ0v) is 21.3. The topological polar surface area (TPSA) is 134 Å². The number of pyridine rings is 1. The lowest BCUT2D eigenvalue weighted by Crippen LogP contribution is -2.28. The summed E-state index contributed by atoms with van der Waals surface area (Å²) in [5.41, 5.74) is 4.08. The normalized spacial score (nSPS) is 18.1. The quantitative estimate of drug-likeness (QED) is 0.345. The van der Waals surface area contributed by atoms with Crippen molar-refractivity contribution < 1.29 is 5.11 Å². The number of aryl methyl sites for hydroxylation is 1. The lowest BCUT2D eigenvalue weighted by Gasteiger charge is -2.21. The molecule has 4 heterocycles. The van der Waals surface area contributed by atoms with Crippen molar-refractivity contribution in [2.45, 2.75) is 44.7 Å². The monoisotopic (exact) mass is 508 g/mol. The molecule has 4 aromatic rings. The van der Waals surface area contributed by atoms with Crippen LogP contribution in [0.15, 0.2) is 53.8 Å². The standard InChI is InChI=1S/C28H28N8O2/c1-17-9-23(26(38)35(13-17)14-24-30-7-8-36(24)20-3-4-20)34-27-31-6-5-22(33-27)18-10-19(12-29)25-21(11-18)28(2,16-37)15-32-25/h5-11,13,20,32,37H,3-4,14-16H2,1-2H3,(H,31,33,34)/t28-/m1/s1. The average molecular weight is 509 g/mol. The molecule has 1 aliphatic heterocycles. The molecule has 192 valence electrons. The van der Waals surface area contributed by atoms with Gasteiger partial charge in [-0.15, -0.1) is 0 Å². The van der Waals surface area contributed by atoms with Gasteiger partial charge in [0.1, 0.15) is 17.6 Å². The van der Waals surface area contributed by atoms with E-state index < -0.39 is 5.41 Å². The maximum atomic E-state index is 13.4. The molecule has 10 nitrogen and oxygen atoms in total. The number of aliphatic hydroxyl groups excluding tert-OH is 1. The molecular formula is C28H28N8O2. The molecule has 10 heteroatoms. The molecule has 0 spiro atoms. The third-order valence-corrected chi connectivity index (χ3v) is 7.33. The largest absolute Gasteiger partial charge is 0.395 e. The first-order valence-corrected chi connectivity index (χ1v) is 12.6. The van der Waals surface area contributed by atoms with Crippen LogP contribution in [-0.2, 0) is 12.0 Å². The Morgan fingerprint density at radius 3 is 2.87 bits per heavy atom. The van der Waals surface area contributed by atoms with E-state index in [-0.39, 0.29) is 18.1 Å². The molecule has 1 fully saturated rings. The predicted octanol–water partition coefficient (Wildman–Crippen LogP) is 3.48. The van der Waals surface area contributed by atoms with Crippen LogP contribution >= 0.6 is 0 Å². The van der Waals surface area contributed by atoms with Crippen LogP contribution in [0, 0.1) is 18.3 Å². The molecule has 1 aliphatic carbocycles. The molecule has 38 heavy (non-hydrogen) atoms. The molecule has 3 N–H and O–H groups in total. The summed E-state index contributed by atoms with van der Waals surface area (Å²) in [5.74, 6) is 1.14. The van der Waals surface area contributed by atoms with Gasteiger partial charge in [-0.2, -0.15) is 5.26 Å². The van der Waals surface area contributed by atoms with Gasteiger partial charge in [-0.05, 0) is 55.2 Å². The van der Waals surface area contributed by atoms with E-state index in [1.807, 2.05) is 32.3 Å². The summed E-state index contributed by atoms with van der Waals surface area (Å²) in [6.45, 7) is 4.78. The molecule has 3 aromatic heterocycles. The minimum absolute atomic E-state index is 0.0432. The van der Waals surface area contributed by atoms with Crippen LogP contribution in [0.3, 0.4) is 0 Å². The van der Waals surface area contributed by atoms with E-state index in [9.17, 15) is 15.2 Å². The number of rotatable bonds is 7. The summed E-state index contributed by atoms with van der Waals surface area (Å²) >= 11 is 0. The Bertz CT molecular complexity index is 1650. The van der Waals surface area contributed by atoms with Crippen molar-refractivity contribution in [3.05, 3.63) is 81.9 Å². The SMILES string of the molecule is Cc1cc(Nc2nccc(-c3cc(C#N)c4c(c3)[C@@](C)(CO)CN4)n2)c(=O)n(Cc2nccn2C2CC2)c1. The Hall–Kier alpha value is -4.49. The summed E-state index contributed by atoms with van der Waals surface area (Å²) in [7, 11) is 0. The highest BCUT2D eigenvalue weighted by Crippen LogP contribution is 2.41. The van der Waals surface area contributed by atoms with Gasteiger partial charge in [0.25, 0.3) is 5.56 Å². The fourth-order valence-electron chi connectivity index (χ4n) is 5.06. The zero-order valence-electron chi connectivity index (χ0n) is 21.3. The highest BCUT2D eigenvalue weighted by atomic mass is 16.3. The van der Waals surface area contributed by atoms with Crippen LogP contribution in [0.1, 0.15) is 48.3 Å². The number of imidazole rings is 1. The molecule has 0 unspecified atom stereocenters. The fraction of sp³-hybridized carbons (Fsp3) is 0.321. The number of nitrogens with zero attached hydrogens (tertiary/aromatic N) is 6. The van der Waals surface area contributed by atoms with Crippen molar-refractivity contribution in [3.8, 4) is 17.3 Å². The molecule has 0 amide bonds. The summed E-state index contributed by atoms with van der Waals surface area (Å²) in [6, 6.07) is 10.0. The summed E-state index contributed by atoms with van der Waals surface area (Å²) < 4.78 is 3.81. The van der Waals surface area contributed by atoms with E-state index in [4.69, 9.17) is 0 Å². The van der Waals surface area contributed by atoms with Crippen molar-refractivity contribution in [3.63, 3.8) is 0 Å². The smallest absolute Gasteiger partial charge is 0.274 e. The highest BCUT2D eigenvalue weighted by molar-refractivity contribution is 5.76. The van der Waals surface area contributed by atoms with Gasteiger partial charge in [-0.1, -0.05) is 6.92 Å². The minimum atomic E-state index is -0.494. The van der Waals surface area contributed by atoms with Crippen LogP contribution in [0.25, 0.3) is 11.3 Å². The van der Waals surface area contributed by atoms with Gasteiger partial charge in [0.05, 0.1) is 30.1 Å². The van der Waals surface area contributed by atoms with Gasteiger partial charge >= 0.3 is 0 Å². The number of aliphatic hydroxyl groups is 1. The van der Waals surface area contributed by atoms with Crippen LogP contribution in [0.5, 0.6) is 0 Å². The molecule has 0 radical (unpaired) electrons. The second-order valence-corrected chi connectivity index (χ2v) is 10.4. The van der Waals surface area contributed by atoms with Gasteiger partial charge < -0.3 is 24.9 Å². The first-order valence-electron chi connectivity index (χ1n) is 12.6. The molecule has 1 saturated carbocycles. The number of hydrogen-bond donors (Lipinski definition) is 3. The Kier molecular flexibility index (Phi) is 5.73. The lowest BCUT2D eigenvalue weighted by atomic mass is 9.83. The zero-order chi connectivity index (χ0) is 26.4. The Labute approximate surface area is 219 Å². The second-order valence-electron chi connectivity index (χ2n) is 10.4. The van der Waals surface area contributed by atoms with Crippen molar-refractivity contribution in [2.24, 2.45) is 0 Å². The van der Waals surface area contributed by atoms with Crippen LogP contribution in [-0.4, -0.2) is 42.3 Å². The van der Waals surface area contributed by atoms with Crippen LogP contribution in [0.4, 0.5) is 17.3 Å². The van der Waals surface area contributed by atoms with Crippen molar-refractivity contribution in [2.75, 3.05) is 23.8 Å². The van der Waals surface area contributed by atoms with E-state index in [1.165, 1.54) is 0 Å². The Balaban J connectivity index is 1.32. The van der Waals surface area contributed by atoms with Gasteiger partial charge in [-0.25, -0.2) is 15.0 Å². The number of anilines is 3. The number of aromatic nitrogens is 5. The van der Waals surface area contributed by atoms with E-state index in [0.717, 1.165) is 41.0 Å². The molecule has 2 aliphatic rings. The van der Waals surface area contributed by atoms with Crippen LogP contribution < -0.4 is 16.2 Å². The summed E-state index contributed by atoms with van der Waals surface area (Å²) in [6.07, 6.45) is 9.49. The number of nitrogens with one attached hydrogen (secondary N) is 2. The Morgan fingerprint density at radius 1 is 1.26 bits per heavy atom. The second kappa shape index (κ2) is 9.11. The molecule has 6 rings (SSSR count). The van der Waals surface area contributed by atoms with E-state index >= 15 is 0 Å². The first-order chi connectivity index (χ1) is 18.4. The Morgan fingerprint density at radius 2 is 2.11 bits per heavy atom. The van der Waals surface area contributed by atoms with E-state index in [0.29, 0.717) is 36.1 Å². The van der Waals surface area contributed by atoms with Gasteiger partial charge in [0.2, 0.25) is 5.95 Å². The summed E-state index contributed by atoms with van der Waals surface area (Å²) in [4.78, 5) is 26.8. The molecule has 0 saturated heterocycles. The number of hydrogen-bond acceptors (Lipinski definition) is 8. The molecular weight excluding hydrogens is 480 g/mol. The number of fused-ring (bicyclic) bond motifs is 1. The lowest BCUT2D eigenvalue weighted by molar-refractivity contribution is 0.219. The minimum Gasteiger partial charge on any atom is -0.395 e. The molecule has 0 bridgehead atoms. The van der Waals surface area contributed by atoms with Crippen molar-refractivity contribution in [1.82, 2.24) is 24.1 Å². The predicted molar refractivity (Wildman–Crippen MR) is 143 cm³/mol. The third kappa shape index (κ3) is 4.21. The molecule has 1 atom stereocenters. The fourth-order valence-corrected chi connectivity index (χ4v) is 5.06. The number of benzene rings is 1. The third-order valence-electron chi connectivity index (χ3n) is 7.33. The average Bonchev–Trinajstić information content (AvgIpc) is 3.57. The van der Waals surface area contributed by atoms with E-state index in [2.05, 4.69) is 36.2 Å². The maximum Gasteiger partial charge on any atom is 0.274 e. The van der Waals surface area contributed by atoms with Gasteiger partial charge in [0.15, 0.2) is 0 Å². The maximum absolute atomic E-state index is 13.4. The van der Waals surface area contributed by atoms with Crippen LogP contribution in [0.2, 0.25) is 0 Å². The van der Waals surface area contributed by atoms with Gasteiger partial charge in [-0.3, -0.25) is 4.79 Å². The first kappa shape index (κ1) is 23.9. The van der Waals surface area contributed by atoms with Crippen molar-refractivity contribution >= 4 is 17.3 Å².